The Balaban J connectivity index is 1.76. The number of nitrogens with one attached hydrogen (secondary N) is 2. The molecule has 0 aromatic carbocycles. The van der Waals surface area contributed by atoms with Crippen LogP contribution in [0.5, 0.6) is 0 Å². The highest BCUT2D eigenvalue weighted by atomic mass is 32.1. The fourth-order valence-electron chi connectivity index (χ4n) is 1.82. The van der Waals surface area contributed by atoms with Gasteiger partial charge in [-0.1, -0.05) is 6.07 Å². The summed E-state index contributed by atoms with van der Waals surface area (Å²) in [7, 11) is 0. The maximum absolute atomic E-state index is 5.50. The van der Waals surface area contributed by atoms with Crippen LogP contribution in [-0.4, -0.2) is 35.1 Å². The van der Waals surface area contributed by atoms with E-state index < -0.39 is 0 Å². The maximum atomic E-state index is 5.50. The Hall–Kier alpha value is -1.53. The van der Waals surface area contributed by atoms with Gasteiger partial charge in [-0.2, -0.15) is 5.10 Å². The molecule has 1 fully saturated rings. The van der Waals surface area contributed by atoms with Gasteiger partial charge in [0, 0.05) is 19.3 Å². The van der Waals surface area contributed by atoms with E-state index in [2.05, 4.69) is 20.8 Å². The molecule has 2 heterocycles. The average Bonchev–Trinajstić information content (AvgIpc) is 2.96. The van der Waals surface area contributed by atoms with E-state index >= 15 is 0 Å². The lowest BCUT2D eigenvalue weighted by Crippen LogP contribution is -2.37. The van der Waals surface area contributed by atoms with Crippen molar-refractivity contribution >= 4 is 23.0 Å². The van der Waals surface area contributed by atoms with Gasteiger partial charge >= 0.3 is 0 Å². The van der Waals surface area contributed by atoms with Gasteiger partial charge in [-0.15, -0.1) is 0 Å². The molecule has 0 spiro atoms. The van der Waals surface area contributed by atoms with E-state index in [0.717, 1.165) is 37.4 Å². The van der Waals surface area contributed by atoms with Gasteiger partial charge in [0.05, 0.1) is 17.5 Å². The lowest BCUT2D eigenvalue weighted by molar-refractivity contribution is 0.114. The summed E-state index contributed by atoms with van der Waals surface area (Å²) in [5.41, 5.74) is 4.44. The second-order valence-electron chi connectivity index (χ2n) is 4.37. The summed E-state index contributed by atoms with van der Waals surface area (Å²) in [5, 5.41) is 7.80. The summed E-state index contributed by atoms with van der Waals surface area (Å²) >= 11 is 5.15. The van der Waals surface area contributed by atoms with E-state index in [9.17, 15) is 0 Å². The van der Waals surface area contributed by atoms with Crippen LogP contribution in [0.2, 0.25) is 0 Å². The van der Waals surface area contributed by atoms with Crippen LogP contribution in [0.1, 0.15) is 25.5 Å². The average molecular weight is 278 g/mol. The SMILES string of the molecule is C/C(=N/NC(=S)NC[C@H]1CCCO1)c1ccccn1. The normalized spacial score (nSPS) is 19.2. The molecular formula is C13H18N4OS. The number of thiocarbonyl (C=S) groups is 1. The summed E-state index contributed by atoms with van der Waals surface area (Å²) in [6.45, 7) is 3.46. The Morgan fingerprint density at radius 1 is 1.58 bits per heavy atom. The highest BCUT2D eigenvalue weighted by Crippen LogP contribution is 2.10. The fourth-order valence-corrected chi connectivity index (χ4v) is 1.95. The molecule has 0 amide bonds. The van der Waals surface area contributed by atoms with Crippen LogP contribution < -0.4 is 10.7 Å². The molecule has 1 aromatic rings. The molecule has 2 N–H and O–H groups in total. The Bertz CT molecular complexity index is 443. The first kappa shape index (κ1) is 13.9. The zero-order valence-corrected chi connectivity index (χ0v) is 11.7. The van der Waals surface area contributed by atoms with E-state index in [1.165, 1.54) is 0 Å². The van der Waals surface area contributed by atoms with Crippen LogP contribution in [0.15, 0.2) is 29.5 Å². The third-order valence-electron chi connectivity index (χ3n) is 2.88. The molecule has 19 heavy (non-hydrogen) atoms. The van der Waals surface area contributed by atoms with Crippen molar-refractivity contribution in [2.24, 2.45) is 5.10 Å². The van der Waals surface area contributed by atoms with E-state index in [1.807, 2.05) is 25.1 Å². The molecule has 1 saturated heterocycles. The number of hydrogen-bond donors (Lipinski definition) is 2. The number of hydrogen-bond acceptors (Lipinski definition) is 4. The highest BCUT2D eigenvalue weighted by molar-refractivity contribution is 7.80. The Labute approximate surface area is 118 Å². The van der Waals surface area contributed by atoms with Crippen molar-refractivity contribution in [1.82, 2.24) is 15.7 Å². The molecule has 0 aliphatic carbocycles. The van der Waals surface area contributed by atoms with Crippen molar-refractivity contribution in [2.75, 3.05) is 13.2 Å². The topological polar surface area (TPSA) is 58.5 Å². The van der Waals surface area contributed by atoms with Crippen LogP contribution in [0.3, 0.4) is 0 Å². The van der Waals surface area contributed by atoms with Gasteiger partial charge in [-0.25, -0.2) is 0 Å². The molecule has 2 rings (SSSR count). The van der Waals surface area contributed by atoms with Crippen LogP contribution in [0, 0.1) is 0 Å². The Morgan fingerprint density at radius 2 is 2.47 bits per heavy atom. The van der Waals surface area contributed by atoms with Gasteiger partial charge in [-0.05, 0) is 44.1 Å². The fraction of sp³-hybridized carbons (Fsp3) is 0.462. The second-order valence-corrected chi connectivity index (χ2v) is 4.78. The first-order valence-electron chi connectivity index (χ1n) is 6.37. The molecule has 0 unspecified atom stereocenters. The largest absolute Gasteiger partial charge is 0.376 e. The third kappa shape index (κ3) is 4.57. The van der Waals surface area contributed by atoms with Crippen molar-refractivity contribution in [2.45, 2.75) is 25.9 Å². The molecule has 5 nitrogen and oxygen atoms in total. The van der Waals surface area contributed by atoms with Crippen molar-refractivity contribution in [3.63, 3.8) is 0 Å². The minimum atomic E-state index is 0.264. The number of nitrogens with zero attached hydrogens (tertiary/aromatic N) is 2. The molecule has 1 atom stereocenters. The van der Waals surface area contributed by atoms with Crippen LogP contribution in [0.25, 0.3) is 0 Å². The van der Waals surface area contributed by atoms with Crippen LogP contribution in [0.4, 0.5) is 0 Å². The van der Waals surface area contributed by atoms with Crippen LogP contribution in [-0.2, 0) is 4.74 Å². The summed E-state index contributed by atoms with van der Waals surface area (Å²) in [4.78, 5) is 4.21. The quantitative estimate of drug-likeness (QED) is 0.496. The molecule has 1 aromatic heterocycles. The van der Waals surface area contributed by atoms with E-state index in [1.54, 1.807) is 6.20 Å². The summed E-state index contributed by atoms with van der Waals surface area (Å²) in [6, 6.07) is 5.71. The van der Waals surface area contributed by atoms with E-state index in [4.69, 9.17) is 17.0 Å². The summed E-state index contributed by atoms with van der Waals surface area (Å²) < 4.78 is 5.50. The minimum absolute atomic E-state index is 0.264. The minimum Gasteiger partial charge on any atom is -0.376 e. The predicted molar refractivity (Wildman–Crippen MR) is 79.2 cm³/mol. The van der Waals surface area contributed by atoms with Crippen molar-refractivity contribution in [3.05, 3.63) is 30.1 Å². The molecule has 0 bridgehead atoms. The predicted octanol–water partition coefficient (Wildman–Crippen LogP) is 1.45. The van der Waals surface area contributed by atoms with Crippen molar-refractivity contribution < 1.29 is 4.74 Å². The van der Waals surface area contributed by atoms with Crippen molar-refractivity contribution in [3.8, 4) is 0 Å². The smallest absolute Gasteiger partial charge is 0.187 e. The molecule has 1 aliphatic heterocycles. The number of aromatic nitrogens is 1. The van der Waals surface area contributed by atoms with Gasteiger partial charge in [0.25, 0.3) is 0 Å². The molecule has 6 heteroatoms. The molecule has 1 aliphatic rings. The zero-order chi connectivity index (χ0) is 13.5. The van der Waals surface area contributed by atoms with Gasteiger partial charge in [-0.3, -0.25) is 10.4 Å². The van der Waals surface area contributed by atoms with Crippen LogP contribution >= 0.6 is 12.2 Å². The second kappa shape index (κ2) is 7.16. The first-order chi connectivity index (χ1) is 9.25. The lowest BCUT2D eigenvalue weighted by Gasteiger charge is -2.12. The maximum Gasteiger partial charge on any atom is 0.187 e. The Kier molecular flexibility index (Phi) is 5.23. The van der Waals surface area contributed by atoms with Gasteiger partial charge in [0.2, 0.25) is 0 Å². The number of hydrazone groups is 1. The third-order valence-corrected chi connectivity index (χ3v) is 3.11. The summed E-state index contributed by atoms with van der Waals surface area (Å²) in [5.74, 6) is 0. The Morgan fingerprint density at radius 3 is 3.16 bits per heavy atom. The van der Waals surface area contributed by atoms with E-state index in [0.29, 0.717) is 5.11 Å². The molecule has 0 saturated carbocycles. The number of rotatable bonds is 4. The monoisotopic (exact) mass is 278 g/mol. The zero-order valence-electron chi connectivity index (χ0n) is 10.9. The lowest BCUT2D eigenvalue weighted by atomic mass is 10.2. The number of ether oxygens (including phenoxy) is 1. The standard InChI is InChI=1S/C13H18N4OS/c1-10(12-6-2-3-7-14-12)16-17-13(19)15-9-11-5-4-8-18-11/h2-3,6-7,11H,4-5,8-9H2,1H3,(H2,15,17,19)/b16-10-/t11-/m1/s1. The highest BCUT2D eigenvalue weighted by Gasteiger charge is 2.15. The van der Waals surface area contributed by atoms with Gasteiger partial charge in [0.1, 0.15) is 0 Å². The summed E-state index contributed by atoms with van der Waals surface area (Å²) in [6.07, 6.45) is 4.22. The molecular weight excluding hydrogens is 260 g/mol. The van der Waals surface area contributed by atoms with Gasteiger partial charge in [0.15, 0.2) is 5.11 Å². The first-order valence-corrected chi connectivity index (χ1v) is 6.77. The molecule has 0 radical (unpaired) electrons. The van der Waals surface area contributed by atoms with Gasteiger partial charge < -0.3 is 10.1 Å². The van der Waals surface area contributed by atoms with E-state index in [-0.39, 0.29) is 6.10 Å². The number of pyridine rings is 1. The molecule has 102 valence electrons. The van der Waals surface area contributed by atoms with Crippen molar-refractivity contribution in [1.29, 1.82) is 0 Å².